The molecule has 4 rings (SSSR count). The van der Waals surface area contributed by atoms with Crippen molar-refractivity contribution in [3.63, 3.8) is 0 Å². The van der Waals surface area contributed by atoms with Gasteiger partial charge in [0.15, 0.2) is 11.5 Å². The molecule has 1 saturated heterocycles. The summed E-state index contributed by atoms with van der Waals surface area (Å²) in [5, 5.41) is 2.26. The number of carbonyl (C=O) groups excluding carboxylic acids is 3. The van der Waals surface area contributed by atoms with Gasteiger partial charge in [-0.15, -0.1) is 0 Å². The highest BCUT2D eigenvalue weighted by Crippen LogP contribution is 2.35. The molecule has 7 nitrogen and oxygen atoms in total. The Morgan fingerprint density at radius 2 is 1.91 bits per heavy atom. The molecule has 0 radical (unpaired) electrons. The predicted octanol–water partition coefficient (Wildman–Crippen LogP) is 0.232. The second-order valence-electron chi connectivity index (χ2n) is 5.97. The van der Waals surface area contributed by atoms with E-state index in [1.807, 2.05) is 6.07 Å². The monoisotopic (exact) mass is 316 g/mol. The van der Waals surface area contributed by atoms with Crippen LogP contribution in [-0.4, -0.2) is 47.4 Å². The number of nitrogens with zero attached hydrogens (tertiary/aromatic N) is 1. The zero-order valence-electron chi connectivity index (χ0n) is 12.4. The second-order valence-corrected chi connectivity index (χ2v) is 5.97. The normalized spacial score (nSPS) is 25.9. The van der Waals surface area contributed by atoms with Gasteiger partial charge in [-0.1, -0.05) is 12.1 Å². The molecule has 1 aliphatic carbocycles. The molecule has 0 unspecified atom stereocenters. The molecule has 3 aliphatic rings. The van der Waals surface area contributed by atoms with Gasteiger partial charge in [-0.25, -0.2) is 0 Å². The number of para-hydroxylation sites is 2. The number of imide groups is 1. The third-order valence-electron chi connectivity index (χ3n) is 4.26. The van der Waals surface area contributed by atoms with E-state index >= 15 is 0 Å². The van der Waals surface area contributed by atoms with Gasteiger partial charge in [0.05, 0.1) is 6.42 Å². The van der Waals surface area contributed by atoms with E-state index in [2.05, 4.69) is 5.32 Å². The Kier molecular flexibility index (Phi) is 3.21. The number of hydrogen-bond donors (Lipinski definition) is 1. The van der Waals surface area contributed by atoms with Crippen molar-refractivity contribution >= 4 is 17.7 Å². The zero-order valence-corrected chi connectivity index (χ0v) is 12.4. The van der Waals surface area contributed by atoms with Gasteiger partial charge in [0.25, 0.3) is 5.91 Å². The Morgan fingerprint density at radius 1 is 1.17 bits per heavy atom. The molecule has 0 spiro atoms. The molecule has 1 saturated carbocycles. The zero-order chi connectivity index (χ0) is 16.0. The molecule has 120 valence electrons. The summed E-state index contributed by atoms with van der Waals surface area (Å²) in [6, 6.07) is 6.42. The lowest BCUT2D eigenvalue weighted by atomic mass is 10.1. The van der Waals surface area contributed by atoms with Crippen molar-refractivity contribution < 1.29 is 23.9 Å². The average molecular weight is 316 g/mol. The first-order valence-electron chi connectivity index (χ1n) is 7.68. The third kappa shape index (κ3) is 2.52. The first-order valence-corrected chi connectivity index (χ1v) is 7.68. The average Bonchev–Trinajstić information content (AvgIpc) is 3.32. The molecule has 0 bridgehead atoms. The van der Waals surface area contributed by atoms with Crippen LogP contribution < -0.4 is 14.8 Å². The molecule has 1 aromatic rings. The van der Waals surface area contributed by atoms with Crippen molar-refractivity contribution in [1.29, 1.82) is 0 Å². The summed E-state index contributed by atoms with van der Waals surface area (Å²) in [5.41, 5.74) is 0. The SMILES string of the molecule is O=C1C[C@H](N(C(=O)[C@H]2COc3ccccc3O2)C2CC2)C(=O)N1. The molecular formula is C16H16N2O5. The maximum absolute atomic E-state index is 12.9. The number of amides is 3. The Bertz CT molecular complexity index is 685. The van der Waals surface area contributed by atoms with Crippen LogP contribution in [-0.2, 0) is 14.4 Å². The minimum atomic E-state index is -0.797. The quantitative estimate of drug-likeness (QED) is 0.807. The van der Waals surface area contributed by atoms with Gasteiger partial charge in [0.2, 0.25) is 17.9 Å². The summed E-state index contributed by atoms with van der Waals surface area (Å²) in [7, 11) is 0. The molecule has 2 fully saturated rings. The van der Waals surface area contributed by atoms with E-state index in [0.29, 0.717) is 11.5 Å². The van der Waals surface area contributed by atoms with E-state index in [-0.39, 0.29) is 30.9 Å². The molecule has 2 aliphatic heterocycles. The molecule has 3 amide bonds. The van der Waals surface area contributed by atoms with Crippen molar-refractivity contribution in [3.05, 3.63) is 24.3 Å². The lowest BCUT2D eigenvalue weighted by Crippen LogP contribution is -2.53. The molecule has 2 heterocycles. The van der Waals surface area contributed by atoms with Gasteiger partial charge in [-0.05, 0) is 25.0 Å². The predicted molar refractivity (Wildman–Crippen MR) is 77.8 cm³/mol. The molecular weight excluding hydrogens is 300 g/mol. The van der Waals surface area contributed by atoms with Gasteiger partial charge in [0, 0.05) is 6.04 Å². The fraction of sp³-hybridized carbons (Fsp3) is 0.438. The van der Waals surface area contributed by atoms with Crippen LogP contribution in [0.4, 0.5) is 0 Å². The Hall–Kier alpha value is -2.57. The Labute approximate surface area is 132 Å². The number of rotatable bonds is 3. The van der Waals surface area contributed by atoms with E-state index in [9.17, 15) is 14.4 Å². The number of benzene rings is 1. The largest absolute Gasteiger partial charge is 0.485 e. The van der Waals surface area contributed by atoms with Gasteiger partial charge in [-0.2, -0.15) is 0 Å². The van der Waals surface area contributed by atoms with E-state index in [0.717, 1.165) is 12.8 Å². The smallest absolute Gasteiger partial charge is 0.268 e. The highest BCUT2D eigenvalue weighted by Gasteiger charge is 2.47. The van der Waals surface area contributed by atoms with Crippen molar-refractivity contribution in [2.45, 2.75) is 37.5 Å². The summed E-state index contributed by atoms with van der Waals surface area (Å²) in [6.07, 6.45) is 0.904. The maximum Gasteiger partial charge on any atom is 0.268 e. The highest BCUT2D eigenvalue weighted by atomic mass is 16.6. The number of nitrogens with one attached hydrogen (secondary N) is 1. The minimum absolute atomic E-state index is 0.00456. The summed E-state index contributed by atoms with van der Waals surface area (Å²) in [6.45, 7) is 0.0986. The lowest BCUT2D eigenvalue weighted by molar-refractivity contribution is -0.147. The summed E-state index contributed by atoms with van der Waals surface area (Å²) in [5.74, 6) is 0.0666. The Balaban J connectivity index is 1.55. The van der Waals surface area contributed by atoms with Gasteiger partial charge in [-0.3, -0.25) is 19.7 Å². The van der Waals surface area contributed by atoms with Crippen molar-refractivity contribution in [1.82, 2.24) is 10.2 Å². The van der Waals surface area contributed by atoms with Crippen LogP contribution in [0.3, 0.4) is 0 Å². The minimum Gasteiger partial charge on any atom is -0.485 e. The highest BCUT2D eigenvalue weighted by molar-refractivity contribution is 6.07. The van der Waals surface area contributed by atoms with Crippen LogP contribution in [0.2, 0.25) is 0 Å². The van der Waals surface area contributed by atoms with Gasteiger partial charge in [0.1, 0.15) is 12.6 Å². The lowest BCUT2D eigenvalue weighted by Gasteiger charge is -2.33. The van der Waals surface area contributed by atoms with Crippen molar-refractivity contribution in [2.75, 3.05) is 6.61 Å². The number of carbonyl (C=O) groups is 3. The molecule has 1 aromatic carbocycles. The molecule has 7 heteroatoms. The van der Waals surface area contributed by atoms with Crippen LogP contribution in [0, 0.1) is 0 Å². The number of ether oxygens (including phenoxy) is 2. The first-order chi connectivity index (χ1) is 11.1. The molecule has 1 N–H and O–H groups in total. The van der Waals surface area contributed by atoms with Crippen LogP contribution in [0.1, 0.15) is 19.3 Å². The standard InChI is InChI=1S/C16H16N2O5/c19-14-7-10(15(20)17-14)18(9-5-6-9)16(21)13-8-22-11-3-1-2-4-12(11)23-13/h1-4,9-10,13H,5-8H2,(H,17,19,20)/t10-,13+/m0/s1. The fourth-order valence-electron chi connectivity index (χ4n) is 3.01. The van der Waals surface area contributed by atoms with Crippen LogP contribution in [0.25, 0.3) is 0 Å². The van der Waals surface area contributed by atoms with Crippen LogP contribution in [0.5, 0.6) is 11.5 Å². The van der Waals surface area contributed by atoms with Crippen LogP contribution in [0.15, 0.2) is 24.3 Å². The maximum atomic E-state index is 12.9. The molecule has 0 aromatic heterocycles. The fourth-order valence-corrected chi connectivity index (χ4v) is 3.01. The number of fused-ring (bicyclic) bond motifs is 1. The van der Waals surface area contributed by atoms with E-state index in [4.69, 9.17) is 9.47 Å². The van der Waals surface area contributed by atoms with Gasteiger partial charge < -0.3 is 14.4 Å². The molecule has 23 heavy (non-hydrogen) atoms. The van der Waals surface area contributed by atoms with Gasteiger partial charge >= 0.3 is 0 Å². The summed E-state index contributed by atoms with van der Waals surface area (Å²) >= 11 is 0. The second kappa shape index (κ2) is 5.26. The third-order valence-corrected chi connectivity index (χ3v) is 4.26. The first kappa shape index (κ1) is 14.0. The molecule has 2 atom stereocenters. The van der Waals surface area contributed by atoms with E-state index in [1.54, 1.807) is 18.2 Å². The van der Waals surface area contributed by atoms with E-state index in [1.165, 1.54) is 4.90 Å². The van der Waals surface area contributed by atoms with Crippen molar-refractivity contribution in [3.8, 4) is 11.5 Å². The Morgan fingerprint density at radius 3 is 2.57 bits per heavy atom. The topological polar surface area (TPSA) is 84.9 Å². The summed E-state index contributed by atoms with van der Waals surface area (Å²) < 4.78 is 11.3. The van der Waals surface area contributed by atoms with E-state index < -0.39 is 18.1 Å². The summed E-state index contributed by atoms with van der Waals surface area (Å²) in [4.78, 5) is 37.8. The van der Waals surface area contributed by atoms with Crippen molar-refractivity contribution in [2.24, 2.45) is 0 Å². The van der Waals surface area contributed by atoms with Crippen LogP contribution >= 0.6 is 0 Å². The number of hydrogen-bond acceptors (Lipinski definition) is 5.